The van der Waals surface area contributed by atoms with E-state index in [0.717, 1.165) is 0 Å². The first-order valence-electron chi connectivity index (χ1n) is 8.93. The second kappa shape index (κ2) is 8.20. The summed E-state index contributed by atoms with van der Waals surface area (Å²) in [5.41, 5.74) is 0.454. The van der Waals surface area contributed by atoms with E-state index in [-0.39, 0.29) is 28.0 Å². The van der Waals surface area contributed by atoms with Crippen molar-refractivity contribution < 1.29 is 33.0 Å². The van der Waals surface area contributed by atoms with Crippen molar-refractivity contribution in [3.8, 4) is 28.4 Å². The summed E-state index contributed by atoms with van der Waals surface area (Å²) >= 11 is 0. The Balaban J connectivity index is 2.22. The van der Waals surface area contributed by atoms with Crippen LogP contribution in [0.2, 0.25) is 0 Å². The first-order valence-corrected chi connectivity index (χ1v) is 8.93. The van der Waals surface area contributed by atoms with Crippen molar-refractivity contribution in [1.29, 1.82) is 0 Å². The molecule has 0 radical (unpaired) electrons. The van der Waals surface area contributed by atoms with Gasteiger partial charge in [0.05, 0.1) is 5.56 Å². The predicted octanol–water partition coefficient (Wildman–Crippen LogP) is 3.54. The normalized spacial score (nSPS) is 10.5. The summed E-state index contributed by atoms with van der Waals surface area (Å²) in [6.45, 7) is 5.31. The van der Waals surface area contributed by atoms with Gasteiger partial charge in [-0.05, 0) is 24.6 Å². The van der Waals surface area contributed by atoms with Crippen LogP contribution in [0.3, 0.4) is 0 Å². The number of ether oxygens (including phenoxy) is 3. The van der Waals surface area contributed by atoms with Crippen LogP contribution in [-0.4, -0.2) is 17.9 Å². The standard InChI is InChI=1S/C22H18O8/c1-11-20(15-5-7-16(8-6-15)28-12(2)23)22(26)21-18(27-11)9-17(29-13(3)24)10-19(21)30-14(4)25/h5-10H,1-4H3. The van der Waals surface area contributed by atoms with Crippen molar-refractivity contribution in [2.75, 3.05) is 0 Å². The number of rotatable bonds is 4. The number of carbonyl (C=O) groups is 3. The van der Waals surface area contributed by atoms with Gasteiger partial charge in [0.2, 0.25) is 5.43 Å². The minimum atomic E-state index is -0.650. The number of aryl methyl sites for hydroxylation is 1. The van der Waals surface area contributed by atoms with Gasteiger partial charge in [0, 0.05) is 32.9 Å². The quantitative estimate of drug-likeness (QED) is 0.475. The molecule has 3 aromatic rings. The molecule has 154 valence electrons. The number of hydrogen-bond donors (Lipinski definition) is 0. The molecule has 0 spiro atoms. The number of esters is 3. The van der Waals surface area contributed by atoms with E-state index in [0.29, 0.717) is 17.1 Å². The summed E-state index contributed by atoms with van der Waals surface area (Å²) in [5.74, 6) is -1.05. The van der Waals surface area contributed by atoms with Gasteiger partial charge in [-0.2, -0.15) is 0 Å². The fraction of sp³-hybridized carbons (Fsp3) is 0.182. The highest BCUT2D eigenvalue weighted by atomic mass is 16.5. The van der Waals surface area contributed by atoms with Gasteiger partial charge in [0.15, 0.2) is 0 Å². The molecule has 0 atom stereocenters. The van der Waals surface area contributed by atoms with E-state index in [2.05, 4.69) is 0 Å². The third kappa shape index (κ3) is 4.38. The molecular weight excluding hydrogens is 392 g/mol. The highest BCUT2D eigenvalue weighted by Gasteiger charge is 2.20. The Kier molecular flexibility index (Phi) is 5.68. The van der Waals surface area contributed by atoms with E-state index in [1.165, 1.54) is 32.9 Å². The second-order valence-corrected chi connectivity index (χ2v) is 6.46. The van der Waals surface area contributed by atoms with Crippen LogP contribution in [0.5, 0.6) is 17.2 Å². The molecule has 0 saturated carbocycles. The van der Waals surface area contributed by atoms with Crippen LogP contribution in [0.4, 0.5) is 0 Å². The molecule has 0 bridgehead atoms. The summed E-state index contributed by atoms with van der Waals surface area (Å²) in [4.78, 5) is 47.2. The molecule has 0 fully saturated rings. The molecule has 0 aliphatic carbocycles. The van der Waals surface area contributed by atoms with Gasteiger partial charge in [-0.25, -0.2) is 0 Å². The Hall–Kier alpha value is -3.94. The summed E-state index contributed by atoms with van der Waals surface area (Å²) in [6, 6.07) is 8.99. The lowest BCUT2D eigenvalue weighted by atomic mass is 10.0. The number of benzene rings is 2. The molecule has 0 amide bonds. The first kappa shape index (κ1) is 20.8. The van der Waals surface area contributed by atoms with Crippen molar-refractivity contribution in [3.05, 3.63) is 52.4 Å². The lowest BCUT2D eigenvalue weighted by Crippen LogP contribution is -2.12. The maximum atomic E-state index is 13.3. The Morgan fingerprint density at radius 3 is 1.93 bits per heavy atom. The van der Waals surface area contributed by atoms with Gasteiger partial charge in [0.25, 0.3) is 0 Å². The average molecular weight is 410 g/mol. The summed E-state index contributed by atoms with van der Waals surface area (Å²) in [5, 5.41) is 0.0331. The number of fused-ring (bicyclic) bond motifs is 1. The summed E-state index contributed by atoms with van der Waals surface area (Å²) in [7, 11) is 0. The molecule has 0 aliphatic heterocycles. The van der Waals surface area contributed by atoms with Crippen LogP contribution in [0.15, 0.2) is 45.6 Å². The summed E-state index contributed by atoms with van der Waals surface area (Å²) in [6.07, 6.45) is 0. The van der Waals surface area contributed by atoms with Crippen LogP contribution in [0.1, 0.15) is 26.5 Å². The van der Waals surface area contributed by atoms with E-state index in [1.807, 2.05) is 0 Å². The molecule has 0 saturated heterocycles. The predicted molar refractivity (Wildman–Crippen MR) is 107 cm³/mol. The average Bonchev–Trinajstić information content (AvgIpc) is 2.61. The minimum Gasteiger partial charge on any atom is -0.460 e. The monoisotopic (exact) mass is 410 g/mol. The van der Waals surface area contributed by atoms with E-state index < -0.39 is 23.3 Å². The Bertz CT molecular complexity index is 1220. The van der Waals surface area contributed by atoms with E-state index >= 15 is 0 Å². The third-order valence-corrected chi connectivity index (χ3v) is 4.03. The van der Waals surface area contributed by atoms with E-state index in [4.69, 9.17) is 18.6 Å². The first-order chi connectivity index (χ1) is 14.2. The van der Waals surface area contributed by atoms with Crippen molar-refractivity contribution >= 4 is 28.9 Å². The van der Waals surface area contributed by atoms with E-state index in [9.17, 15) is 19.2 Å². The maximum absolute atomic E-state index is 13.3. The molecule has 1 aromatic heterocycles. The topological polar surface area (TPSA) is 109 Å². The molecule has 1 heterocycles. The second-order valence-electron chi connectivity index (χ2n) is 6.46. The molecule has 30 heavy (non-hydrogen) atoms. The molecule has 0 N–H and O–H groups in total. The van der Waals surface area contributed by atoms with E-state index in [1.54, 1.807) is 31.2 Å². The highest BCUT2D eigenvalue weighted by molar-refractivity contribution is 5.91. The Morgan fingerprint density at radius 1 is 0.800 bits per heavy atom. The van der Waals surface area contributed by atoms with Crippen LogP contribution in [0.25, 0.3) is 22.1 Å². The van der Waals surface area contributed by atoms with Crippen LogP contribution in [-0.2, 0) is 14.4 Å². The van der Waals surface area contributed by atoms with Crippen LogP contribution < -0.4 is 19.6 Å². The number of carbonyl (C=O) groups excluding carboxylic acids is 3. The molecule has 0 unspecified atom stereocenters. The zero-order valence-electron chi connectivity index (χ0n) is 16.7. The van der Waals surface area contributed by atoms with Crippen molar-refractivity contribution in [1.82, 2.24) is 0 Å². The lowest BCUT2D eigenvalue weighted by Gasteiger charge is -2.12. The Labute approximate surface area is 171 Å². The van der Waals surface area contributed by atoms with Crippen molar-refractivity contribution in [2.45, 2.75) is 27.7 Å². The highest BCUT2D eigenvalue weighted by Crippen LogP contribution is 2.33. The third-order valence-electron chi connectivity index (χ3n) is 4.03. The lowest BCUT2D eigenvalue weighted by molar-refractivity contribution is -0.133. The van der Waals surface area contributed by atoms with Gasteiger partial charge in [-0.3, -0.25) is 19.2 Å². The molecule has 2 aromatic carbocycles. The summed E-state index contributed by atoms with van der Waals surface area (Å²) < 4.78 is 21.0. The molecule has 0 aliphatic rings. The minimum absolute atomic E-state index is 0.0331. The number of hydrogen-bond acceptors (Lipinski definition) is 8. The van der Waals surface area contributed by atoms with Crippen molar-refractivity contribution in [3.63, 3.8) is 0 Å². The fourth-order valence-electron chi connectivity index (χ4n) is 3.02. The van der Waals surface area contributed by atoms with Gasteiger partial charge in [-0.1, -0.05) is 12.1 Å². The SMILES string of the molecule is CC(=O)Oc1ccc(-c2c(C)oc3cc(OC(C)=O)cc(OC(C)=O)c3c2=O)cc1. The molecule has 8 heteroatoms. The fourth-order valence-corrected chi connectivity index (χ4v) is 3.02. The van der Waals surface area contributed by atoms with Crippen molar-refractivity contribution in [2.24, 2.45) is 0 Å². The molecule has 3 rings (SSSR count). The Morgan fingerprint density at radius 2 is 1.37 bits per heavy atom. The van der Waals surface area contributed by atoms with Crippen LogP contribution in [0, 0.1) is 6.92 Å². The maximum Gasteiger partial charge on any atom is 0.308 e. The molecular formula is C22H18O8. The van der Waals surface area contributed by atoms with Gasteiger partial charge < -0.3 is 18.6 Å². The van der Waals surface area contributed by atoms with Gasteiger partial charge in [0.1, 0.15) is 34.0 Å². The van der Waals surface area contributed by atoms with Crippen LogP contribution >= 0.6 is 0 Å². The largest absolute Gasteiger partial charge is 0.460 e. The van der Waals surface area contributed by atoms with Gasteiger partial charge >= 0.3 is 17.9 Å². The molecule has 8 nitrogen and oxygen atoms in total. The zero-order chi connectivity index (χ0) is 22.0. The zero-order valence-corrected chi connectivity index (χ0v) is 16.7. The van der Waals surface area contributed by atoms with Gasteiger partial charge in [-0.15, -0.1) is 0 Å². The smallest absolute Gasteiger partial charge is 0.308 e.